The maximum Gasteiger partial charge on any atom is 0.325 e. The second kappa shape index (κ2) is 14.5. The number of esters is 1. The highest BCUT2D eigenvalue weighted by atomic mass is 35.5. The number of carbonyl (C=O) groups is 1. The van der Waals surface area contributed by atoms with E-state index in [2.05, 4.69) is 20.9 Å². The first kappa shape index (κ1) is 31.3. The largest absolute Gasteiger partial charge is 0.491 e. The molecule has 0 aliphatic heterocycles. The number of aliphatic hydroxyl groups is 2. The predicted octanol–water partition coefficient (Wildman–Crippen LogP) is 5.11. The van der Waals surface area contributed by atoms with Crippen molar-refractivity contribution in [1.82, 2.24) is 9.97 Å². The van der Waals surface area contributed by atoms with Gasteiger partial charge in [-0.05, 0) is 42.0 Å². The van der Waals surface area contributed by atoms with Gasteiger partial charge >= 0.3 is 5.97 Å². The summed E-state index contributed by atoms with van der Waals surface area (Å²) in [6, 6.07) is 15.9. The number of anilines is 1. The van der Waals surface area contributed by atoms with Gasteiger partial charge in [-0.2, -0.15) is 5.26 Å². The SMILES string of the molecule is [C-]#[N+]c1c(N(C)CC(=O)OC)nc(SCc2coc(-c3ccc(Cl)cc3)n2)c(C#N)c1-c1ccc(OC[C@@H](O)CO)cc1. The summed E-state index contributed by atoms with van der Waals surface area (Å²) in [5, 5.41) is 29.8. The zero-order chi connectivity index (χ0) is 30.9. The van der Waals surface area contributed by atoms with Crippen molar-refractivity contribution >= 4 is 40.8 Å². The van der Waals surface area contributed by atoms with Crippen LogP contribution in [0.2, 0.25) is 5.02 Å². The molecule has 0 spiro atoms. The second-order valence-corrected chi connectivity index (χ2v) is 10.5. The Morgan fingerprint density at radius 3 is 2.53 bits per heavy atom. The fourth-order valence-electron chi connectivity index (χ4n) is 3.94. The highest BCUT2D eigenvalue weighted by Crippen LogP contribution is 2.44. The predicted molar refractivity (Wildman–Crippen MR) is 161 cm³/mol. The highest BCUT2D eigenvalue weighted by Gasteiger charge is 2.25. The first-order valence-corrected chi connectivity index (χ1v) is 14.1. The standard InChI is InChI=1S/C30H26ClN5O6S/c1-33-27-26(18-6-10-23(11-7-18)41-16-22(38)14-37)24(12-32)30(35-28(27)36(2)13-25(39)40-3)43-17-21-15-42-29(34-21)19-4-8-20(31)9-5-19/h4-11,15,22,37-38H,13-14,16-17H2,2-3H3/t22-/m0/s1. The monoisotopic (exact) mass is 619 g/mol. The number of halogens is 1. The Kier molecular flexibility index (Phi) is 10.6. The van der Waals surface area contributed by atoms with Crippen LogP contribution in [-0.4, -0.2) is 66.2 Å². The van der Waals surface area contributed by atoms with Gasteiger partial charge in [-0.1, -0.05) is 35.5 Å². The van der Waals surface area contributed by atoms with Gasteiger partial charge in [0.2, 0.25) is 11.6 Å². The lowest BCUT2D eigenvalue weighted by Crippen LogP contribution is -2.27. The minimum absolute atomic E-state index is 0.0862. The van der Waals surface area contributed by atoms with E-state index < -0.39 is 18.7 Å². The van der Waals surface area contributed by atoms with Crippen molar-refractivity contribution in [3.05, 3.63) is 82.5 Å². The van der Waals surface area contributed by atoms with Gasteiger partial charge in [0.05, 0.1) is 31.5 Å². The lowest BCUT2D eigenvalue weighted by molar-refractivity contribution is -0.138. The molecule has 2 N–H and O–H groups in total. The summed E-state index contributed by atoms with van der Waals surface area (Å²) in [6.45, 7) is 7.26. The van der Waals surface area contributed by atoms with Gasteiger partial charge in [0, 0.05) is 29.0 Å². The Labute approximate surface area is 257 Å². The molecule has 0 unspecified atom stereocenters. The number of ether oxygens (including phenoxy) is 2. The third kappa shape index (κ3) is 7.63. The molecule has 4 rings (SSSR count). The van der Waals surface area contributed by atoms with Crippen LogP contribution in [0.1, 0.15) is 11.3 Å². The molecule has 2 aromatic carbocycles. The number of carbonyl (C=O) groups excluding carboxylic acids is 1. The maximum absolute atomic E-state index is 12.1. The number of thioether (sulfide) groups is 1. The summed E-state index contributed by atoms with van der Waals surface area (Å²) >= 11 is 7.22. The van der Waals surface area contributed by atoms with E-state index in [1.807, 2.05) is 0 Å². The number of nitriles is 1. The molecule has 4 aromatic rings. The van der Waals surface area contributed by atoms with Gasteiger partial charge in [0.25, 0.3) is 0 Å². The Morgan fingerprint density at radius 2 is 1.91 bits per heavy atom. The summed E-state index contributed by atoms with van der Waals surface area (Å²) in [7, 11) is 2.88. The van der Waals surface area contributed by atoms with E-state index in [1.165, 1.54) is 30.0 Å². The maximum atomic E-state index is 12.1. The van der Waals surface area contributed by atoms with Gasteiger partial charge in [-0.15, -0.1) is 0 Å². The van der Waals surface area contributed by atoms with Crippen LogP contribution in [0.5, 0.6) is 5.75 Å². The van der Waals surface area contributed by atoms with Crippen molar-refractivity contribution < 1.29 is 28.9 Å². The Morgan fingerprint density at radius 1 is 1.21 bits per heavy atom. The molecular weight excluding hydrogens is 594 g/mol. The minimum atomic E-state index is -1.03. The number of rotatable bonds is 12. The number of nitrogens with zero attached hydrogens (tertiary/aromatic N) is 5. The Balaban J connectivity index is 1.72. The van der Waals surface area contributed by atoms with E-state index in [0.29, 0.717) is 44.3 Å². The number of methoxy groups -OCH3 is 1. The Bertz CT molecular complexity index is 1660. The summed E-state index contributed by atoms with van der Waals surface area (Å²) in [4.78, 5) is 26.5. The first-order chi connectivity index (χ1) is 20.8. The third-order valence-corrected chi connectivity index (χ3v) is 7.36. The number of aliphatic hydroxyl groups excluding tert-OH is 2. The molecule has 1 atom stereocenters. The van der Waals surface area contributed by atoms with E-state index in [9.17, 15) is 15.2 Å². The Hall–Kier alpha value is -4.59. The molecule has 0 saturated heterocycles. The topological polar surface area (TPSA) is 146 Å². The van der Waals surface area contributed by atoms with Crippen LogP contribution in [0.3, 0.4) is 0 Å². The van der Waals surface area contributed by atoms with Gasteiger partial charge in [0.15, 0.2) is 0 Å². The summed E-state index contributed by atoms with van der Waals surface area (Å²) in [5.74, 6) is 0.815. The quantitative estimate of drug-likeness (QED) is 0.124. The van der Waals surface area contributed by atoms with Crippen LogP contribution in [0, 0.1) is 17.9 Å². The highest BCUT2D eigenvalue weighted by molar-refractivity contribution is 7.98. The summed E-state index contributed by atoms with van der Waals surface area (Å²) < 4.78 is 15.9. The lowest BCUT2D eigenvalue weighted by Gasteiger charge is -2.22. The number of pyridine rings is 1. The molecule has 0 radical (unpaired) electrons. The van der Waals surface area contributed by atoms with E-state index >= 15 is 0 Å². The van der Waals surface area contributed by atoms with Crippen molar-refractivity contribution in [1.29, 1.82) is 5.26 Å². The number of hydrogen-bond acceptors (Lipinski definition) is 11. The summed E-state index contributed by atoms with van der Waals surface area (Å²) in [6.07, 6.45) is 0.493. The molecule has 0 saturated carbocycles. The van der Waals surface area contributed by atoms with Gasteiger partial charge in [0.1, 0.15) is 48.2 Å². The molecule has 2 heterocycles. The number of aromatic nitrogens is 2. The van der Waals surface area contributed by atoms with Crippen LogP contribution >= 0.6 is 23.4 Å². The smallest absolute Gasteiger partial charge is 0.325 e. The first-order valence-electron chi connectivity index (χ1n) is 12.8. The van der Waals surface area contributed by atoms with Gasteiger partial charge in [-0.3, -0.25) is 4.79 Å². The fourth-order valence-corrected chi connectivity index (χ4v) is 4.93. The molecule has 0 aliphatic rings. The molecule has 0 bridgehead atoms. The van der Waals surface area contributed by atoms with Crippen LogP contribution in [0.25, 0.3) is 27.4 Å². The van der Waals surface area contributed by atoms with Crippen molar-refractivity contribution in [2.75, 3.05) is 38.8 Å². The van der Waals surface area contributed by atoms with Crippen molar-refractivity contribution in [3.63, 3.8) is 0 Å². The van der Waals surface area contributed by atoms with Crippen molar-refractivity contribution in [2.45, 2.75) is 16.9 Å². The summed E-state index contributed by atoms with van der Waals surface area (Å²) in [5.41, 5.74) is 2.50. The zero-order valence-electron chi connectivity index (χ0n) is 23.2. The van der Waals surface area contributed by atoms with E-state index in [4.69, 9.17) is 37.2 Å². The zero-order valence-corrected chi connectivity index (χ0v) is 24.7. The molecule has 0 fully saturated rings. The molecule has 43 heavy (non-hydrogen) atoms. The molecule has 0 aliphatic carbocycles. The average Bonchev–Trinajstić information content (AvgIpc) is 3.51. The van der Waals surface area contributed by atoms with Gasteiger partial charge < -0.3 is 29.0 Å². The van der Waals surface area contributed by atoms with Crippen LogP contribution < -0.4 is 9.64 Å². The fraction of sp³-hybridized carbons (Fsp3) is 0.233. The molecular formula is C30H26ClN5O6S. The number of hydrogen-bond donors (Lipinski definition) is 2. The van der Waals surface area contributed by atoms with Gasteiger partial charge in [-0.25, -0.2) is 14.8 Å². The molecule has 220 valence electrons. The van der Waals surface area contributed by atoms with Crippen LogP contribution in [0.4, 0.5) is 11.5 Å². The van der Waals surface area contributed by atoms with Crippen molar-refractivity contribution in [2.24, 2.45) is 0 Å². The lowest BCUT2D eigenvalue weighted by atomic mass is 9.99. The third-order valence-electron chi connectivity index (χ3n) is 6.09. The van der Waals surface area contributed by atoms with Crippen LogP contribution in [0.15, 0.2) is 64.2 Å². The minimum Gasteiger partial charge on any atom is -0.491 e. The molecule has 0 amide bonds. The van der Waals surface area contributed by atoms with E-state index in [0.717, 1.165) is 5.56 Å². The second-order valence-electron chi connectivity index (χ2n) is 9.11. The van der Waals surface area contributed by atoms with E-state index in [-0.39, 0.29) is 30.2 Å². The molecule has 11 nitrogen and oxygen atoms in total. The van der Waals surface area contributed by atoms with E-state index in [1.54, 1.807) is 55.6 Å². The normalized spacial score (nSPS) is 11.3. The molecule has 2 aromatic heterocycles. The number of benzene rings is 2. The number of likely N-dealkylation sites (N-methyl/N-ethyl adjacent to an activating group) is 1. The van der Waals surface area contributed by atoms with Crippen molar-refractivity contribution in [3.8, 4) is 34.4 Å². The molecule has 13 heteroatoms. The number of oxazole rings is 1. The average molecular weight is 620 g/mol. The van der Waals surface area contributed by atoms with Crippen LogP contribution in [-0.2, 0) is 15.3 Å².